The fourth-order valence-electron chi connectivity index (χ4n) is 1.99. The lowest BCUT2D eigenvalue weighted by Gasteiger charge is -2.35. The summed E-state index contributed by atoms with van der Waals surface area (Å²) in [5.74, 6) is 0.664. The summed E-state index contributed by atoms with van der Waals surface area (Å²) in [6.07, 6.45) is 0.771. The molecule has 4 nitrogen and oxygen atoms in total. The largest absolute Gasteiger partial charge is 0.373 e. The van der Waals surface area contributed by atoms with Crippen LogP contribution in [0.25, 0.3) is 0 Å². The fraction of sp³-hybridized carbons (Fsp3) is 0.929. The molecule has 0 bridgehead atoms. The molecule has 0 aromatic rings. The summed E-state index contributed by atoms with van der Waals surface area (Å²) in [7, 11) is 1.91. The van der Waals surface area contributed by atoms with Crippen molar-refractivity contribution < 1.29 is 9.53 Å². The van der Waals surface area contributed by atoms with Crippen LogP contribution in [0.4, 0.5) is 0 Å². The summed E-state index contributed by atoms with van der Waals surface area (Å²) in [5.41, 5.74) is 0.187. The van der Waals surface area contributed by atoms with E-state index in [1.165, 1.54) is 0 Å². The first-order valence-electron chi connectivity index (χ1n) is 6.88. The van der Waals surface area contributed by atoms with Crippen LogP contribution in [0.3, 0.4) is 0 Å². The molecule has 0 spiro atoms. The third-order valence-corrected chi connectivity index (χ3v) is 3.88. The van der Waals surface area contributed by atoms with Crippen molar-refractivity contribution in [1.82, 2.24) is 10.2 Å². The highest BCUT2D eigenvalue weighted by atomic mass is 16.5. The summed E-state index contributed by atoms with van der Waals surface area (Å²) < 4.78 is 5.61. The van der Waals surface area contributed by atoms with Gasteiger partial charge in [-0.1, -0.05) is 27.7 Å². The van der Waals surface area contributed by atoms with Crippen LogP contribution in [0.15, 0.2) is 0 Å². The minimum atomic E-state index is 0.137. The van der Waals surface area contributed by atoms with E-state index in [1.807, 2.05) is 11.9 Å². The molecule has 0 aromatic carbocycles. The molecule has 1 fully saturated rings. The number of hydrogen-bond acceptors (Lipinski definition) is 3. The Morgan fingerprint density at radius 2 is 2.17 bits per heavy atom. The summed E-state index contributed by atoms with van der Waals surface area (Å²) in [5, 5.41) is 3.10. The van der Waals surface area contributed by atoms with E-state index in [2.05, 4.69) is 33.0 Å². The Morgan fingerprint density at radius 3 is 2.72 bits per heavy atom. The molecule has 1 aliphatic heterocycles. The second-order valence-electron chi connectivity index (χ2n) is 6.36. The van der Waals surface area contributed by atoms with Gasteiger partial charge in [0.25, 0.3) is 0 Å². The van der Waals surface area contributed by atoms with Gasteiger partial charge in [-0.05, 0) is 18.4 Å². The molecular weight excluding hydrogens is 228 g/mol. The number of nitrogens with zero attached hydrogens (tertiary/aromatic N) is 1. The third kappa shape index (κ3) is 4.58. The highest BCUT2D eigenvalue weighted by molar-refractivity contribution is 5.76. The average molecular weight is 256 g/mol. The Kier molecular flexibility index (Phi) is 5.60. The van der Waals surface area contributed by atoms with E-state index in [4.69, 9.17) is 4.74 Å². The summed E-state index contributed by atoms with van der Waals surface area (Å²) in [4.78, 5) is 14.2. The number of hydrogen-bond donors (Lipinski definition) is 1. The zero-order chi connectivity index (χ0) is 13.8. The van der Waals surface area contributed by atoms with E-state index in [0.717, 1.165) is 19.6 Å². The minimum Gasteiger partial charge on any atom is -0.373 e. The lowest BCUT2D eigenvalue weighted by Crippen LogP contribution is -2.49. The van der Waals surface area contributed by atoms with Gasteiger partial charge in [-0.25, -0.2) is 0 Å². The van der Waals surface area contributed by atoms with E-state index >= 15 is 0 Å². The molecule has 1 aliphatic rings. The van der Waals surface area contributed by atoms with Gasteiger partial charge in [0.15, 0.2) is 0 Å². The maximum Gasteiger partial charge on any atom is 0.223 e. The van der Waals surface area contributed by atoms with Crippen LogP contribution in [0.2, 0.25) is 0 Å². The molecule has 0 aromatic heterocycles. The molecule has 106 valence electrons. The van der Waals surface area contributed by atoms with Crippen molar-refractivity contribution in [2.24, 2.45) is 11.3 Å². The molecule has 1 saturated heterocycles. The van der Waals surface area contributed by atoms with Crippen molar-refractivity contribution in [3.63, 3.8) is 0 Å². The fourth-order valence-corrected chi connectivity index (χ4v) is 1.99. The van der Waals surface area contributed by atoms with Crippen molar-refractivity contribution in [1.29, 1.82) is 0 Å². The number of rotatable bonds is 4. The van der Waals surface area contributed by atoms with Crippen molar-refractivity contribution in [2.75, 3.05) is 33.3 Å². The van der Waals surface area contributed by atoms with Crippen LogP contribution in [0, 0.1) is 11.3 Å². The van der Waals surface area contributed by atoms with Gasteiger partial charge >= 0.3 is 0 Å². The van der Waals surface area contributed by atoms with Crippen LogP contribution < -0.4 is 5.32 Å². The lowest BCUT2D eigenvalue weighted by atomic mass is 9.80. The Hall–Kier alpha value is -0.610. The zero-order valence-corrected chi connectivity index (χ0v) is 12.5. The van der Waals surface area contributed by atoms with Crippen molar-refractivity contribution in [2.45, 2.75) is 40.2 Å². The van der Waals surface area contributed by atoms with E-state index < -0.39 is 0 Å². The standard InChI is InChI=1S/C14H28N2O2/c1-11(14(2,3)4)8-13(17)16-6-7-18-12(10-16)9-15-5/h11-12,15H,6-10H2,1-5H3. The van der Waals surface area contributed by atoms with Crippen molar-refractivity contribution >= 4 is 5.91 Å². The molecule has 1 amide bonds. The zero-order valence-electron chi connectivity index (χ0n) is 12.5. The number of carbonyl (C=O) groups excluding carboxylic acids is 1. The van der Waals surface area contributed by atoms with Gasteiger partial charge < -0.3 is 15.0 Å². The number of nitrogens with one attached hydrogen (secondary N) is 1. The maximum atomic E-state index is 12.3. The van der Waals surface area contributed by atoms with Gasteiger partial charge in [0.05, 0.1) is 12.7 Å². The first-order valence-corrected chi connectivity index (χ1v) is 6.88. The SMILES string of the molecule is CNCC1CN(C(=O)CC(C)C(C)(C)C)CCO1. The molecule has 1 heterocycles. The Balaban J connectivity index is 2.46. The predicted octanol–water partition coefficient (Wildman–Crippen LogP) is 1.51. The van der Waals surface area contributed by atoms with Crippen LogP contribution >= 0.6 is 0 Å². The first kappa shape index (κ1) is 15.4. The summed E-state index contributed by atoms with van der Waals surface area (Å²) in [6.45, 7) is 11.6. The molecule has 4 heteroatoms. The molecule has 0 radical (unpaired) electrons. The Bertz CT molecular complexity index is 271. The van der Waals surface area contributed by atoms with E-state index in [1.54, 1.807) is 0 Å². The summed E-state index contributed by atoms with van der Waals surface area (Å²) >= 11 is 0. The van der Waals surface area contributed by atoms with Crippen molar-refractivity contribution in [3.8, 4) is 0 Å². The van der Waals surface area contributed by atoms with Crippen molar-refractivity contribution in [3.05, 3.63) is 0 Å². The van der Waals surface area contributed by atoms with E-state index in [9.17, 15) is 4.79 Å². The molecule has 1 rings (SSSR count). The van der Waals surface area contributed by atoms with Crippen LogP contribution in [0.1, 0.15) is 34.1 Å². The Morgan fingerprint density at radius 1 is 1.50 bits per heavy atom. The molecule has 2 unspecified atom stereocenters. The van der Waals surface area contributed by atoms with Crippen LogP contribution in [-0.2, 0) is 9.53 Å². The van der Waals surface area contributed by atoms with Gasteiger partial charge in [0, 0.05) is 26.1 Å². The maximum absolute atomic E-state index is 12.3. The van der Waals surface area contributed by atoms with E-state index in [0.29, 0.717) is 18.9 Å². The molecule has 1 N–H and O–H groups in total. The first-order chi connectivity index (χ1) is 8.34. The predicted molar refractivity (Wildman–Crippen MR) is 73.5 cm³/mol. The second-order valence-corrected chi connectivity index (χ2v) is 6.36. The second kappa shape index (κ2) is 6.53. The molecule has 0 saturated carbocycles. The molecule has 18 heavy (non-hydrogen) atoms. The van der Waals surface area contributed by atoms with Crippen LogP contribution in [-0.4, -0.2) is 50.2 Å². The lowest BCUT2D eigenvalue weighted by molar-refractivity contribution is -0.140. The normalized spacial score (nSPS) is 22.9. The molecular formula is C14H28N2O2. The molecule has 0 aliphatic carbocycles. The van der Waals surface area contributed by atoms with Gasteiger partial charge in [0.1, 0.15) is 0 Å². The highest BCUT2D eigenvalue weighted by Crippen LogP contribution is 2.28. The monoisotopic (exact) mass is 256 g/mol. The van der Waals surface area contributed by atoms with E-state index in [-0.39, 0.29) is 17.4 Å². The number of likely N-dealkylation sites (N-methyl/N-ethyl adjacent to an activating group) is 1. The third-order valence-electron chi connectivity index (χ3n) is 3.88. The number of carbonyl (C=O) groups is 1. The highest BCUT2D eigenvalue weighted by Gasteiger charge is 2.28. The quantitative estimate of drug-likeness (QED) is 0.829. The Labute approximate surface area is 111 Å². The number of ether oxygens (including phenoxy) is 1. The van der Waals surface area contributed by atoms with Crippen LogP contribution in [0.5, 0.6) is 0 Å². The smallest absolute Gasteiger partial charge is 0.223 e. The average Bonchev–Trinajstić information content (AvgIpc) is 2.28. The van der Waals surface area contributed by atoms with Gasteiger partial charge in [-0.15, -0.1) is 0 Å². The summed E-state index contributed by atoms with van der Waals surface area (Å²) in [6, 6.07) is 0. The topological polar surface area (TPSA) is 41.6 Å². The minimum absolute atomic E-state index is 0.137. The number of amides is 1. The number of morpholine rings is 1. The van der Waals surface area contributed by atoms with Gasteiger partial charge in [0.2, 0.25) is 5.91 Å². The molecule has 2 atom stereocenters. The van der Waals surface area contributed by atoms with Gasteiger partial charge in [-0.3, -0.25) is 4.79 Å². The van der Waals surface area contributed by atoms with Gasteiger partial charge in [-0.2, -0.15) is 0 Å².